The fraction of sp³-hybridized carbons (Fsp3) is 0.350. The molecule has 4 rings (SSSR count). The zero-order valence-electron chi connectivity index (χ0n) is 14.7. The van der Waals surface area contributed by atoms with Crippen molar-refractivity contribution in [2.75, 3.05) is 20.4 Å². The summed E-state index contributed by atoms with van der Waals surface area (Å²) < 4.78 is 24.2. The number of nitrogens with zero attached hydrogens (tertiary/aromatic N) is 1. The summed E-state index contributed by atoms with van der Waals surface area (Å²) in [6.07, 6.45) is 2.25. The Morgan fingerprint density at radius 2 is 1.96 bits per heavy atom. The lowest BCUT2D eigenvalue weighted by molar-refractivity contribution is 0.174. The second kappa shape index (κ2) is 6.86. The maximum atomic E-state index is 13.3. The van der Waals surface area contributed by atoms with Crippen LogP contribution < -0.4 is 20.1 Å². The van der Waals surface area contributed by atoms with Gasteiger partial charge < -0.3 is 20.1 Å². The first kappa shape index (κ1) is 16.7. The molecule has 2 N–H and O–H groups in total. The SMILES string of the molecule is CN=C(NCc1cccc(F)c1)NCC1(c2ccc3c(c2)OCO3)CC1. The molecule has 5 nitrogen and oxygen atoms in total. The molecule has 2 aromatic carbocycles. The molecule has 6 heteroatoms. The van der Waals surface area contributed by atoms with Gasteiger partial charge in [-0.25, -0.2) is 4.39 Å². The molecule has 0 spiro atoms. The van der Waals surface area contributed by atoms with Gasteiger partial charge in [-0.05, 0) is 48.2 Å². The number of benzene rings is 2. The third kappa shape index (κ3) is 3.45. The molecule has 0 bridgehead atoms. The third-order valence-corrected chi connectivity index (χ3v) is 5.01. The van der Waals surface area contributed by atoms with Crippen LogP contribution in [0.2, 0.25) is 0 Å². The van der Waals surface area contributed by atoms with Gasteiger partial charge in [0.05, 0.1) is 0 Å². The minimum absolute atomic E-state index is 0.109. The highest BCUT2D eigenvalue weighted by Gasteiger charge is 2.44. The van der Waals surface area contributed by atoms with Crippen LogP contribution in [0.1, 0.15) is 24.0 Å². The van der Waals surface area contributed by atoms with E-state index in [0.29, 0.717) is 19.3 Å². The third-order valence-electron chi connectivity index (χ3n) is 5.01. The van der Waals surface area contributed by atoms with E-state index in [-0.39, 0.29) is 11.2 Å². The van der Waals surface area contributed by atoms with Crippen LogP contribution in [0.25, 0.3) is 0 Å². The molecule has 1 aliphatic heterocycles. The van der Waals surface area contributed by atoms with Gasteiger partial charge in [-0.2, -0.15) is 0 Å². The molecule has 1 saturated carbocycles. The van der Waals surface area contributed by atoms with E-state index in [1.165, 1.54) is 17.7 Å². The Bertz CT molecular complexity index is 834. The predicted octanol–water partition coefficient (Wildman–Crippen LogP) is 2.95. The van der Waals surface area contributed by atoms with Gasteiger partial charge in [0.2, 0.25) is 6.79 Å². The summed E-state index contributed by atoms with van der Waals surface area (Å²) in [5.74, 6) is 2.11. The standard InChI is InChI=1S/C20H22FN3O2/c1-22-19(23-11-14-3-2-4-16(21)9-14)24-12-20(7-8-20)15-5-6-17-18(10-15)26-13-25-17/h2-6,9-10H,7-8,11-13H2,1H3,(H2,22,23,24). The summed E-state index contributed by atoms with van der Waals surface area (Å²) in [5, 5.41) is 6.63. The van der Waals surface area contributed by atoms with Crippen molar-refractivity contribution in [2.45, 2.75) is 24.8 Å². The smallest absolute Gasteiger partial charge is 0.231 e. The monoisotopic (exact) mass is 355 g/mol. The van der Waals surface area contributed by atoms with E-state index in [4.69, 9.17) is 9.47 Å². The molecule has 0 saturated heterocycles. The van der Waals surface area contributed by atoms with Crippen LogP contribution in [0.5, 0.6) is 11.5 Å². The van der Waals surface area contributed by atoms with Gasteiger partial charge in [-0.1, -0.05) is 18.2 Å². The molecule has 2 aromatic rings. The Kier molecular flexibility index (Phi) is 4.41. The van der Waals surface area contributed by atoms with E-state index in [0.717, 1.165) is 36.4 Å². The van der Waals surface area contributed by atoms with Gasteiger partial charge in [-0.3, -0.25) is 4.99 Å². The van der Waals surface area contributed by atoms with E-state index in [1.807, 2.05) is 12.1 Å². The predicted molar refractivity (Wildman–Crippen MR) is 98.1 cm³/mol. The van der Waals surface area contributed by atoms with Crippen LogP contribution >= 0.6 is 0 Å². The number of ether oxygens (including phenoxy) is 2. The molecule has 1 fully saturated rings. The lowest BCUT2D eigenvalue weighted by Crippen LogP contribution is -2.40. The van der Waals surface area contributed by atoms with E-state index in [1.54, 1.807) is 13.1 Å². The lowest BCUT2D eigenvalue weighted by atomic mass is 9.95. The fourth-order valence-corrected chi connectivity index (χ4v) is 3.25. The Morgan fingerprint density at radius 1 is 1.12 bits per heavy atom. The quantitative estimate of drug-likeness (QED) is 0.640. The molecule has 1 heterocycles. The zero-order chi connectivity index (χ0) is 18.0. The first-order valence-corrected chi connectivity index (χ1v) is 8.78. The maximum absolute atomic E-state index is 13.3. The summed E-state index contributed by atoms with van der Waals surface area (Å²) in [6.45, 7) is 1.60. The van der Waals surface area contributed by atoms with E-state index >= 15 is 0 Å². The van der Waals surface area contributed by atoms with Crippen molar-refractivity contribution in [3.05, 3.63) is 59.4 Å². The van der Waals surface area contributed by atoms with Crippen molar-refractivity contribution in [3.63, 3.8) is 0 Å². The van der Waals surface area contributed by atoms with Gasteiger partial charge >= 0.3 is 0 Å². The Hall–Kier alpha value is -2.76. The molecule has 0 amide bonds. The van der Waals surface area contributed by atoms with Gasteiger partial charge in [0, 0.05) is 25.6 Å². The van der Waals surface area contributed by atoms with Crippen LogP contribution in [0.3, 0.4) is 0 Å². The van der Waals surface area contributed by atoms with Crippen molar-refractivity contribution < 1.29 is 13.9 Å². The summed E-state index contributed by atoms with van der Waals surface area (Å²) in [7, 11) is 1.74. The second-order valence-corrected chi connectivity index (χ2v) is 6.76. The van der Waals surface area contributed by atoms with Crippen LogP contribution in [-0.4, -0.2) is 26.3 Å². The van der Waals surface area contributed by atoms with Crippen molar-refractivity contribution in [3.8, 4) is 11.5 Å². The molecule has 0 radical (unpaired) electrons. The number of nitrogens with one attached hydrogen (secondary N) is 2. The number of hydrogen-bond acceptors (Lipinski definition) is 3. The van der Waals surface area contributed by atoms with E-state index < -0.39 is 0 Å². The largest absolute Gasteiger partial charge is 0.454 e. The molecular weight excluding hydrogens is 333 g/mol. The Morgan fingerprint density at radius 3 is 2.73 bits per heavy atom. The molecule has 1 aliphatic carbocycles. The van der Waals surface area contributed by atoms with Gasteiger partial charge in [0.25, 0.3) is 0 Å². The molecule has 26 heavy (non-hydrogen) atoms. The first-order valence-electron chi connectivity index (χ1n) is 8.78. The van der Waals surface area contributed by atoms with Crippen molar-refractivity contribution in [2.24, 2.45) is 4.99 Å². The number of aliphatic imine (C=N–C) groups is 1. The topological polar surface area (TPSA) is 54.9 Å². The normalized spacial score (nSPS) is 17.1. The zero-order valence-corrected chi connectivity index (χ0v) is 14.7. The van der Waals surface area contributed by atoms with E-state index in [2.05, 4.69) is 27.8 Å². The molecule has 0 aromatic heterocycles. The molecule has 136 valence electrons. The number of hydrogen-bond donors (Lipinski definition) is 2. The van der Waals surface area contributed by atoms with Crippen molar-refractivity contribution >= 4 is 5.96 Å². The van der Waals surface area contributed by atoms with Crippen molar-refractivity contribution in [1.82, 2.24) is 10.6 Å². The van der Waals surface area contributed by atoms with Crippen LogP contribution in [0.4, 0.5) is 4.39 Å². The highest BCUT2D eigenvalue weighted by Crippen LogP contribution is 2.49. The first-order chi connectivity index (χ1) is 12.7. The molecule has 0 unspecified atom stereocenters. The minimum Gasteiger partial charge on any atom is -0.454 e. The molecule has 2 aliphatic rings. The fourth-order valence-electron chi connectivity index (χ4n) is 3.25. The summed E-state index contributed by atoms with van der Waals surface area (Å²) in [6, 6.07) is 12.7. The van der Waals surface area contributed by atoms with E-state index in [9.17, 15) is 4.39 Å². The Labute approximate surface area is 152 Å². The highest BCUT2D eigenvalue weighted by molar-refractivity contribution is 5.79. The average molecular weight is 355 g/mol. The lowest BCUT2D eigenvalue weighted by Gasteiger charge is -2.19. The highest BCUT2D eigenvalue weighted by atomic mass is 19.1. The molecular formula is C20H22FN3O2. The number of fused-ring (bicyclic) bond motifs is 1. The van der Waals surface area contributed by atoms with Crippen LogP contribution in [-0.2, 0) is 12.0 Å². The second-order valence-electron chi connectivity index (χ2n) is 6.76. The molecule has 0 atom stereocenters. The summed E-state index contributed by atoms with van der Waals surface area (Å²) >= 11 is 0. The number of halogens is 1. The summed E-state index contributed by atoms with van der Waals surface area (Å²) in [4.78, 5) is 4.26. The van der Waals surface area contributed by atoms with Gasteiger partial charge in [-0.15, -0.1) is 0 Å². The summed E-state index contributed by atoms with van der Waals surface area (Å²) in [5.41, 5.74) is 2.25. The number of guanidine groups is 1. The minimum atomic E-state index is -0.230. The van der Waals surface area contributed by atoms with Crippen LogP contribution in [0.15, 0.2) is 47.5 Å². The Balaban J connectivity index is 1.36. The number of rotatable bonds is 5. The van der Waals surface area contributed by atoms with Crippen molar-refractivity contribution in [1.29, 1.82) is 0 Å². The maximum Gasteiger partial charge on any atom is 0.231 e. The van der Waals surface area contributed by atoms with Gasteiger partial charge in [0.15, 0.2) is 17.5 Å². The van der Waals surface area contributed by atoms with Gasteiger partial charge in [0.1, 0.15) is 5.82 Å². The van der Waals surface area contributed by atoms with Crippen LogP contribution in [0, 0.1) is 5.82 Å². The average Bonchev–Trinajstić information content (AvgIpc) is 3.30.